The Morgan fingerprint density at radius 3 is 2.62 bits per heavy atom. The summed E-state index contributed by atoms with van der Waals surface area (Å²) < 4.78 is 7.69. The van der Waals surface area contributed by atoms with Crippen LogP contribution >= 0.6 is 0 Å². The van der Waals surface area contributed by atoms with E-state index in [1.807, 2.05) is 36.0 Å². The van der Waals surface area contributed by atoms with Gasteiger partial charge in [0.2, 0.25) is 6.54 Å². The van der Waals surface area contributed by atoms with E-state index in [1.54, 1.807) is 0 Å². The maximum absolute atomic E-state index is 12.2. The van der Waals surface area contributed by atoms with E-state index in [0.29, 0.717) is 24.3 Å². The van der Waals surface area contributed by atoms with Crippen molar-refractivity contribution in [3.63, 3.8) is 0 Å². The zero-order valence-electron chi connectivity index (χ0n) is 13.7. The second-order valence-electron chi connectivity index (χ2n) is 6.90. The van der Waals surface area contributed by atoms with Crippen LogP contribution in [0.2, 0.25) is 0 Å². The number of esters is 1. The minimum Gasteiger partial charge on any atom is -0.457 e. The molecule has 0 aliphatic heterocycles. The largest absolute Gasteiger partial charge is 0.457 e. The number of nitrogens with zero attached hydrogens (tertiary/aromatic N) is 1. The van der Waals surface area contributed by atoms with E-state index >= 15 is 0 Å². The number of carbonyl (C=O) groups excluding carboxylic acids is 1. The van der Waals surface area contributed by atoms with Gasteiger partial charge in [-0.2, -0.15) is 4.57 Å². The molecule has 3 heteroatoms. The Morgan fingerprint density at radius 1 is 1.33 bits per heavy atom. The van der Waals surface area contributed by atoms with Gasteiger partial charge < -0.3 is 4.74 Å². The molecule has 1 heterocycles. The Balaban J connectivity index is 1.94. The first-order valence-corrected chi connectivity index (χ1v) is 8.11. The van der Waals surface area contributed by atoms with Crippen molar-refractivity contribution in [1.82, 2.24) is 0 Å². The molecule has 0 bridgehead atoms. The van der Waals surface area contributed by atoms with E-state index in [4.69, 9.17) is 4.74 Å². The van der Waals surface area contributed by atoms with Crippen molar-refractivity contribution in [3.8, 4) is 0 Å². The summed E-state index contributed by atoms with van der Waals surface area (Å²) in [7, 11) is 0. The van der Waals surface area contributed by atoms with Gasteiger partial charge in [-0.05, 0) is 43.1 Å². The van der Waals surface area contributed by atoms with Gasteiger partial charge in [0, 0.05) is 12.1 Å². The van der Waals surface area contributed by atoms with E-state index in [-0.39, 0.29) is 12.1 Å². The van der Waals surface area contributed by atoms with E-state index in [1.165, 1.54) is 18.4 Å². The lowest BCUT2D eigenvalue weighted by atomic mass is 9.75. The van der Waals surface area contributed by atoms with Crippen molar-refractivity contribution in [2.45, 2.75) is 59.6 Å². The van der Waals surface area contributed by atoms with Gasteiger partial charge in [-0.15, -0.1) is 0 Å². The molecular weight excluding hydrogens is 262 g/mol. The average molecular weight is 290 g/mol. The van der Waals surface area contributed by atoms with E-state index < -0.39 is 0 Å². The maximum atomic E-state index is 12.2. The fraction of sp³-hybridized carbons (Fsp3) is 0.667. The Kier molecular flexibility index (Phi) is 5.38. The highest BCUT2D eigenvalue weighted by molar-refractivity contribution is 5.67. The number of rotatable bonds is 4. The molecule has 3 nitrogen and oxygen atoms in total. The third-order valence-electron chi connectivity index (χ3n) is 4.61. The summed E-state index contributed by atoms with van der Waals surface area (Å²) >= 11 is 0. The second kappa shape index (κ2) is 7.06. The van der Waals surface area contributed by atoms with Gasteiger partial charge in [-0.25, -0.2) is 4.79 Å². The Labute approximate surface area is 128 Å². The van der Waals surface area contributed by atoms with Crippen LogP contribution < -0.4 is 4.57 Å². The molecule has 0 N–H and O–H groups in total. The summed E-state index contributed by atoms with van der Waals surface area (Å²) in [4.78, 5) is 12.2. The second-order valence-corrected chi connectivity index (χ2v) is 6.90. The van der Waals surface area contributed by atoms with E-state index in [0.717, 1.165) is 6.42 Å². The van der Waals surface area contributed by atoms with Gasteiger partial charge in [-0.1, -0.05) is 27.2 Å². The van der Waals surface area contributed by atoms with Crippen LogP contribution in [0.5, 0.6) is 0 Å². The van der Waals surface area contributed by atoms with Gasteiger partial charge >= 0.3 is 5.97 Å². The highest BCUT2D eigenvalue weighted by Gasteiger charge is 2.33. The average Bonchev–Trinajstić information content (AvgIpc) is 2.41. The summed E-state index contributed by atoms with van der Waals surface area (Å²) in [6.45, 7) is 9.06. The molecule has 1 aliphatic carbocycles. The first-order valence-electron chi connectivity index (χ1n) is 8.11. The predicted octanol–water partition coefficient (Wildman–Crippen LogP) is 3.29. The third-order valence-corrected chi connectivity index (χ3v) is 4.61. The normalized spacial score (nSPS) is 25.9. The van der Waals surface area contributed by atoms with Crippen molar-refractivity contribution in [2.24, 2.45) is 17.8 Å². The molecule has 1 saturated carbocycles. The van der Waals surface area contributed by atoms with Crippen molar-refractivity contribution in [2.75, 3.05) is 0 Å². The highest BCUT2D eigenvalue weighted by atomic mass is 16.5. The molecule has 0 spiro atoms. The summed E-state index contributed by atoms with van der Waals surface area (Å²) in [6, 6.07) is 4.01. The highest BCUT2D eigenvalue weighted by Crippen LogP contribution is 2.35. The van der Waals surface area contributed by atoms with Crippen LogP contribution in [0.15, 0.2) is 24.5 Å². The third kappa shape index (κ3) is 4.55. The molecule has 1 aromatic heterocycles. The maximum Gasteiger partial charge on any atom is 0.372 e. The van der Waals surface area contributed by atoms with Crippen molar-refractivity contribution in [1.29, 1.82) is 0 Å². The fourth-order valence-electron chi connectivity index (χ4n) is 3.24. The number of aromatic nitrogens is 1. The smallest absolute Gasteiger partial charge is 0.372 e. The van der Waals surface area contributed by atoms with Crippen molar-refractivity contribution in [3.05, 3.63) is 30.1 Å². The first kappa shape index (κ1) is 16.0. The van der Waals surface area contributed by atoms with Crippen LogP contribution in [0.4, 0.5) is 0 Å². The van der Waals surface area contributed by atoms with Gasteiger partial charge in [0.1, 0.15) is 6.10 Å². The first-order chi connectivity index (χ1) is 9.95. The Bertz CT molecular complexity index is 467. The van der Waals surface area contributed by atoms with Crippen molar-refractivity contribution < 1.29 is 14.1 Å². The minimum absolute atomic E-state index is 0.0901. The summed E-state index contributed by atoms with van der Waals surface area (Å²) in [6.07, 6.45) is 7.39. The standard InChI is InChI=1S/C18H28NO2/c1-13(2)16-6-5-15(4)11-17(16)21-18(20)12-19-9-7-14(3)8-10-19/h7-10,13,15-17H,5-6,11-12H2,1-4H3/q+1/t15-,16-,17+/m1/s1. The minimum atomic E-state index is -0.117. The molecule has 1 aromatic rings. The zero-order valence-corrected chi connectivity index (χ0v) is 13.7. The van der Waals surface area contributed by atoms with Crippen molar-refractivity contribution >= 4 is 5.97 Å². The lowest BCUT2D eigenvalue weighted by Gasteiger charge is -2.36. The number of pyridine rings is 1. The molecule has 1 fully saturated rings. The fourth-order valence-corrected chi connectivity index (χ4v) is 3.24. The topological polar surface area (TPSA) is 30.2 Å². The molecular formula is C18H28NO2+. The van der Waals surface area contributed by atoms with Gasteiger partial charge in [0.15, 0.2) is 12.4 Å². The van der Waals surface area contributed by atoms with Gasteiger partial charge in [-0.3, -0.25) is 0 Å². The summed E-state index contributed by atoms with van der Waals surface area (Å²) in [5.41, 5.74) is 1.19. The predicted molar refractivity (Wildman–Crippen MR) is 82.6 cm³/mol. The zero-order chi connectivity index (χ0) is 15.4. The van der Waals surface area contributed by atoms with E-state index in [9.17, 15) is 4.79 Å². The Morgan fingerprint density at radius 2 is 2.00 bits per heavy atom. The molecule has 0 radical (unpaired) electrons. The molecule has 2 rings (SSSR count). The monoisotopic (exact) mass is 290 g/mol. The number of hydrogen-bond acceptors (Lipinski definition) is 2. The number of carbonyl (C=O) groups is 1. The number of ether oxygens (including phenoxy) is 1. The SMILES string of the molecule is Cc1cc[n+](CC(=O)O[C@H]2C[C@H](C)CC[C@@H]2C(C)C)cc1. The molecule has 0 aromatic carbocycles. The van der Waals surface area contributed by atoms with E-state index in [2.05, 4.69) is 20.8 Å². The van der Waals surface area contributed by atoms with Gasteiger partial charge in [0.05, 0.1) is 0 Å². The Hall–Kier alpha value is -1.38. The molecule has 3 atom stereocenters. The summed E-state index contributed by atoms with van der Waals surface area (Å²) in [5.74, 6) is 1.62. The van der Waals surface area contributed by atoms with Crippen LogP contribution in [0.3, 0.4) is 0 Å². The van der Waals surface area contributed by atoms with Gasteiger partial charge in [0.25, 0.3) is 0 Å². The quantitative estimate of drug-likeness (QED) is 0.629. The summed E-state index contributed by atoms with van der Waals surface area (Å²) in [5, 5.41) is 0. The number of hydrogen-bond donors (Lipinski definition) is 0. The van der Waals surface area contributed by atoms with Crippen LogP contribution in [-0.4, -0.2) is 12.1 Å². The van der Waals surface area contributed by atoms with Crippen LogP contribution in [0.1, 0.15) is 45.6 Å². The van der Waals surface area contributed by atoms with Crippen LogP contribution in [0, 0.1) is 24.7 Å². The number of aryl methyl sites for hydroxylation is 1. The lowest BCUT2D eigenvalue weighted by Crippen LogP contribution is -2.42. The molecule has 0 saturated heterocycles. The lowest BCUT2D eigenvalue weighted by molar-refractivity contribution is -0.686. The van der Waals surface area contributed by atoms with Crippen LogP contribution in [0.25, 0.3) is 0 Å². The molecule has 1 aliphatic rings. The molecule has 0 unspecified atom stereocenters. The van der Waals surface area contributed by atoms with Crippen LogP contribution in [-0.2, 0) is 16.1 Å². The molecule has 0 amide bonds. The molecule has 21 heavy (non-hydrogen) atoms. The molecule has 116 valence electrons.